The zero-order chi connectivity index (χ0) is 25.9. The molecule has 1 amide bonds. The second-order valence-corrected chi connectivity index (χ2v) is 9.94. The Hall–Kier alpha value is -3.81. The maximum absolute atomic E-state index is 13.1. The summed E-state index contributed by atoms with van der Waals surface area (Å²) in [6.07, 6.45) is 3.99. The minimum absolute atomic E-state index is 0.125. The van der Waals surface area contributed by atoms with Crippen molar-refractivity contribution in [1.29, 1.82) is 0 Å². The Balaban J connectivity index is 1.45. The Morgan fingerprint density at radius 3 is 2.65 bits per heavy atom. The third-order valence-corrected chi connectivity index (χ3v) is 7.27. The maximum Gasteiger partial charge on any atom is 0.338 e. The van der Waals surface area contributed by atoms with Gasteiger partial charge >= 0.3 is 5.97 Å². The smallest absolute Gasteiger partial charge is 0.338 e. The number of rotatable bonds is 6. The molecule has 2 heterocycles. The van der Waals surface area contributed by atoms with E-state index in [0.29, 0.717) is 39.5 Å². The van der Waals surface area contributed by atoms with Crippen molar-refractivity contribution in [3.05, 3.63) is 106 Å². The van der Waals surface area contributed by atoms with Crippen molar-refractivity contribution in [2.75, 3.05) is 13.7 Å². The van der Waals surface area contributed by atoms with E-state index in [1.165, 1.54) is 16.7 Å². The van der Waals surface area contributed by atoms with Crippen molar-refractivity contribution in [3.63, 3.8) is 0 Å². The number of likely N-dealkylation sites (N-methyl/N-ethyl adjacent to an activating group) is 1. The summed E-state index contributed by atoms with van der Waals surface area (Å²) in [6.45, 7) is 2.75. The number of hydrogen-bond donors (Lipinski definition) is 0. The Morgan fingerprint density at radius 2 is 1.86 bits per heavy atom. The molecule has 1 aliphatic heterocycles. The largest absolute Gasteiger partial charge is 0.462 e. The number of nitrogens with zero attached hydrogens (tertiary/aromatic N) is 3. The molecule has 8 heteroatoms. The van der Waals surface area contributed by atoms with Crippen LogP contribution in [0.4, 0.5) is 5.69 Å². The Labute approximate surface area is 224 Å². The molecule has 1 aliphatic rings. The van der Waals surface area contributed by atoms with Gasteiger partial charge in [-0.1, -0.05) is 48.0 Å². The lowest BCUT2D eigenvalue weighted by Gasteiger charge is -2.07. The fraction of sp³-hybridized carbons (Fsp3) is 0.138. The number of fused-ring (bicyclic) bond motifs is 1. The molecule has 1 aromatic heterocycles. The number of carbonyl (C=O) groups is 2. The van der Waals surface area contributed by atoms with Gasteiger partial charge in [-0.3, -0.25) is 9.69 Å². The second-order valence-electron chi connectivity index (χ2n) is 8.50. The molecule has 0 N–H and O–H groups in total. The van der Waals surface area contributed by atoms with Gasteiger partial charge in [-0.15, -0.1) is 0 Å². The van der Waals surface area contributed by atoms with E-state index in [1.807, 2.05) is 42.5 Å². The Morgan fingerprint density at radius 1 is 1.08 bits per heavy atom. The van der Waals surface area contributed by atoms with Gasteiger partial charge in [0.2, 0.25) is 0 Å². The van der Waals surface area contributed by atoms with Gasteiger partial charge in [-0.05, 0) is 66.7 Å². The predicted molar refractivity (Wildman–Crippen MR) is 150 cm³/mol. The molecule has 37 heavy (non-hydrogen) atoms. The van der Waals surface area contributed by atoms with Crippen molar-refractivity contribution in [3.8, 4) is 0 Å². The fourth-order valence-corrected chi connectivity index (χ4v) is 5.23. The summed E-state index contributed by atoms with van der Waals surface area (Å²) in [4.78, 5) is 31.9. The van der Waals surface area contributed by atoms with Crippen molar-refractivity contribution >= 4 is 63.1 Å². The number of thioether (sulfide) groups is 1. The van der Waals surface area contributed by atoms with E-state index in [1.54, 1.807) is 38.2 Å². The van der Waals surface area contributed by atoms with E-state index in [-0.39, 0.29) is 5.91 Å². The van der Waals surface area contributed by atoms with Gasteiger partial charge in [-0.2, -0.15) is 0 Å². The van der Waals surface area contributed by atoms with Crippen LogP contribution in [0, 0.1) is 0 Å². The molecule has 0 atom stereocenters. The number of ether oxygens (including phenoxy) is 1. The summed E-state index contributed by atoms with van der Waals surface area (Å²) in [5, 5.41) is 2.31. The van der Waals surface area contributed by atoms with Crippen LogP contribution in [0.5, 0.6) is 0 Å². The average molecular weight is 530 g/mol. The van der Waals surface area contributed by atoms with Gasteiger partial charge in [0.15, 0.2) is 5.17 Å². The molecule has 3 aromatic carbocycles. The highest BCUT2D eigenvalue weighted by Gasteiger charge is 2.30. The summed E-state index contributed by atoms with van der Waals surface area (Å²) >= 11 is 7.36. The molecule has 5 rings (SSSR count). The summed E-state index contributed by atoms with van der Waals surface area (Å²) < 4.78 is 7.26. The lowest BCUT2D eigenvalue weighted by atomic mass is 10.1. The van der Waals surface area contributed by atoms with Crippen LogP contribution < -0.4 is 0 Å². The van der Waals surface area contributed by atoms with Gasteiger partial charge in [-0.25, -0.2) is 9.79 Å². The zero-order valence-corrected chi connectivity index (χ0v) is 21.9. The number of esters is 1. The molecule has 1 fully saturated rings. The predicted octanol–water partition coefficient (Wildman–Crippen LogP) is 6.75. The number of halogens is 1. The van der Waals surface area contributed by atoms with E-state index in [4.69, 9.17) is 16.3 Å². The average Bonchev–Trinajstić information content (AvgIpc) is 3.38. The highest BCUT2D eigenvalue weighted by molar-refractivity contribution is 8.18. The SMILES string of the molecule is CCOC(=O)c1cccc(N=C2SC(=Cc3cn(Cc4ccc(Cl)cc4)c4ccccc34)C(=O)N2C)c1. The molecule has 0 bridgehead atoms. The molecule has 6 nitrogen and oxygen atoms in total. The molecule has 0 spiro atoms. The minimum Gasteiger partial charge on any atom is -0.462 e. The highest BCUT2D eigenvalue weighted by atomic mass is 35.5. The number of amidine groups is 1. The van der Waals surface area contributed by atoms with E-state index in [2.05, 4.69) is 27.9 Å². The van der Waals surface area contributed by atoms with Crippen LogP contribution in [0.3, 0.4) is 0 Å². The van der Waals surface area contributed by atoms with Crippen LogP contribution in [-0.2, 0) is 16.1 Å². The first-order valence-corrected chi connectivity index (χ1v) is 13.0. The summed E-state index contributed by atoms with van der Waals surface area (Å²) in [7, 11) is 1.70. The Bertz CT molecular complexity index is 1560. The zero-order valence-electron chi connectivity index (χ0n) is 20.3. The van der Waals surface area contributed by atoms with Crippen LogP contribution >= 0.6 is 23.4 Å². The molecule has 0 aliphatic carbocycles. The van der Waals surface area contributed by atoms with E-state index >= 15 is 0 Å². The molecule has 0 unspecified atom stereocenters. The number of para-hydroxylation sites is 1. The minimum atomic E-state index is -0.399. The topological polar surface area (TPSA) is 63.9 Å². The number of aliphatic imine (C=N–C) groups is 1. The molecule has 0 radical (unpaired) electrons. The standard InChI is InChI=1S/C29H24ClN3O3S/c1-3-36-28(35)20-7-6-8-23(15-20)31-29-32(2)27(34)26(37-29)16-21-18-33(25-10-5-4-9-24(21)25)17-19-11-13-22(30)14-12-19/h4-16,18H,3,17H2,1-2H3. The number of aromatic nitrogens is 1. The lowest BCUT2D eigenvalue weighted by molar-refractivity contribution is -0.121. The quantitative estimate of drug-likeness (QED) is 0.205. The first-order chi connectivity index (χ1) is 17.9. The monoisotopic (exact) mass is 529 g/mol. The molecule has 0 saturated carbocycles. The van der Waals surface area contributed by atoms with Crippen LogP contribution in [0.25, 0.3) is 17.0 Å². The fourth-order valence-electron chi connectivity index (χ4n) is 4.13. The number of hydrogen-bond acceptors (Lipinski definition) is 5. The molecule has 186 valence electrons. The van der Waals surface area contributed by atoms with Gasteiger partial charge < -0.3 is 9.30 Å². The van der Waals surface area contributed by atoms with Gasteiger partial charge in [0, 0.05) is 41.3 Å². The van der Waals surface area contributed by atoms with Crippen molar-refractivity contribution in [2.24, 2.45) is 4.99 Å². The van der Waals surface area contributed by atoms with Crippen molar-refractivity contribution < 1.29 is 14.3 Å². The van der Waals surface area contributed by atoms with Crippen LogP contribution in [-0.4, -0.2) is 40.2 Å². The maximum atomic E-state index is 13.1. The lowest BCUT2D eigenvalue weighted by Crippen LogP contribution is -2.23. The number of benzene rings is 3. The molecular weight excluding hydrogens is 506 g/mol. The molecule has 4 aromatic rings. The van der Waals surface area contributed by atoms with E-state index in [0.717, 1.165) is 22.0 Å². The first kappa shape index (κ1) is 24.9. The normalized spacial score (nSPS) is 15.8. The van der Waals surface area contributed by atoms with Crippen LogP contribution in [0.2, 0.25) is 5.02 Å². The highest BCUT2D eigenvalue weighted by Crippen LogP contribution is 2.35. The molecule has 1 saturated heterocycles. The number of amides is 1. The molecular formula is C29H24ClN3O3S. The first-order valence-electron chi connectivity index (χ1n) is 11.8. The Kier molecular flexibility index (Phi) is 7.17. The van der Waals surface area contributed by atoms with Crippen LogP contribution in [0.15, 0.2) is 88.9 Å². The second kappa shape index (κ2) is 10.7. The third kappa shape index (κ3) is 5.33. The third-order valence-electron chi connectivity index (χ3n) is 5.96. The van der Waals surface area contributed by atoms with Gasteiger partial charge in [0.25, 0.3) is 5.91 Å². The van der Waals surface area contributed by atoms with E-state index in [9.17, 15) is 9.59 Å². The van der Waals surface area contributed by atoms with Gasteiger partial charge in [0.05, 0.1) is 22.8 Å². The summed E-state index contributed by atoms with van der Waals surface area (Å²) in [5.74, 6) is -0.525. The van der Waals surface area contributed by atoms with Crippen molar-refractivity contribution in [1.82, 2.24) is 9.47 Å². The summed E-state index contributed by atoms with van der Waals surface area (Å²) in [6, 6.07) is 22.8. The number of carbonyl (C=O) groups excluding carboxylic acids is 2. The van der Waals surface area contributed by atoms with Crippen LogP contribution in [0.1, 0.15) is 28.4 Å². The van der Waals surface area contributed by atoms with Crippen molar-refractivity contribution in [2.45, 2.75) is 13.5 Å². The van der Waals surface area contributed by atoms with E-state index < -0.39 is 5.97 Å². The van der Waals surface area contributed by atoms with Gasteiger partial charge in [0.1, 0.15) is 0 Å². The summed E-state index contributed by atoms with van der Waals surface area (Å²) in [5.41, 5.74) is 4.17.